The van der Waals surface area contributed by atoms with Crippen LogP contribution >= 0.6 is 0 Å². The highest BCUT2D eigenvalue weighted by atomic mass is 19.1. The molecule has 0 aliphatic rings. The Hall–Kier alpha value is -6.05. The summed E-state index contributed by atoms with van der Waals surface area (Å²) >= 11 is 0. The van der Waals surface area contributed by atoms with E-state index >= 15 is 0 Å². The Balaban J connectivity index is 1.13. The number of para-hydroxylation sites is 1. The second kappa shape index (κ2) is 15.2. The Morgan fingerprint density at radius 1 is 0.959 bits per heavy atom. The number of phenolic OH excluding ortho intramolecular Hbond substituents is 1. The molecule has 2 aromatic heterocycles. The van der Waals surface area contributed by atoms with Gasteiger partial charge in [0.1, 0.15) is 24.0 Å². The number of hydrogen-bond acceptors (Lipinski definition) is 7. The third kappa shape index (κ3) is 8.09. The Morgan fingerprint density at radius 2 is 1.80 bits per heavy atom. The molecule has 0 saturated carbocycles. The quantitative estimate of drug-likeness (QED) is 0.135. The van der Waals surface area contributed by atoms with E-state index in [1.165, 1.54) is 6.07 Å². The van der Waals surface area contributed by atoms with Crippen LogP contribution in [-0.2, 0) is 35.5 Å². The number of phenols is 1. The Morgan fingerprint density at radius 3 is 2.57 bits per heavy atom. The number of nitriles is 1. The third-order valence-electron chi connectivity index (χ3n) is 8.14. The van der Waals surface area contributed by atoms with Crippen LogP contribution in [0.2, 0.25) is 0 Å². The first-order valence-electron chi connectivity index (χ1n) is 15.8. The summed E-state index contributed by atoms with van der Waals surface area (Å²) in [5.41, 5.74) is 6.36. The van der Waals surface area contributed by atoms with Gasteiger partial charge >= 0.3 is 0 Å². The van der Waals surface area contributed by atoms with Gasteiger partial charge in [-0.05, 0) is 60.0 Å². The number of ether oxygens (including phenoxy) is 2. The lowest BCUT2D eigenvalue weighted by atomic mass is 10.1. The van der Waals surface area contributed by atoms with Crippen molar-refractivity contribution in [2.75, 3.05) is 19.0 Å². The Labute approximate surface area is 283 Å². The first-order valence-corrected chi connectivity index (χ1v) is 15.8. The largest absolute Gasteiger partial charge is 0.508 e. The molecule has 1 amide bonds. The molecule has 10 heteroatoms. The minimum atomic E-state index is -0.495. The summed E-state index contributed by atoms with van der Waals surface area (Å²) in [6, 6.07) is 32.4. The maximum atomic E-state index is 14.3. The maximum Gasteiger partial charge on any atom is 0.224 e. The second-order valence-corrected chi connectivity index (χ2v) is 11.5. The summed E-state index contributed by atoms with van der Waals surface area (Å²) in [4.78, 5) is 22.2. The van der Waals surface area contributed by atoms with Crippen LogP contribution in [0, 0.1) is 17.1 Å². The molecule has 0 unspecified atom stereocenters. The summed E-state index contributed by atoms with van der Waals surface area (Å²) in [6.45, 7) is 1.13. The van der Waals surface area contributed by atoms with Gasteiger partial charge in [-0.2, -0.15) is 5.26 Å². The van der Waals surface area contributed by atoms with Crippen molar-refractivity contribution in [1.29, 1.82) is 5.26 Å². The van der Waals surface area contributed by atoms with Gasteiger partial charge in [-0.25, -0.2) is 14.4 Å². The number of anilines is 1. The predicted molar refractivity (Wildman–Crippen MR) is 185 cm³/mol. The number of fused-ring (bicyclic) bond motifs is 1. The number of benzene rings is 4. The monoisotopic (exact) mass is 655 g/mol. The molecule has 9 nitrogen and oxygen atoms in total. The summed E-state index contributed by atoms with van der Waals surface area (Å²) in [5.74, 6) is 0.779. The summed E-state index contributed by atoms with van der Waals surface area (Å²) in [7, 11) is 1.67. The number of pyridine rings is 1. The van der Waals surface area contributed by atoms with Gasteiger partial charge in [-0.15, -0.1) is 0 Å². The summed E-state index contributed by atoms with van der Waals surface area (Å²) in [5, 5.41) is 21.9. The van der Waals surface area contributed by atoms with Crippen molar-refractivity contribution in [3.63, 3.8) is 0 Å². The molecule has 0 atom stereocenters. The fraction of sp³-hybridized carbons (Fsp3) is 0.179. The Bertz CT molecular complexity index is 2140. The van der Waals surface area contributed by atoms with E-state index in [0.29, 0.717) is 48.8 Å². The number of amides is 1. The van der Waals surface area contributed by atoms with Crippen molar-refractivity contribution in [1.82, 2.24) is 14.5 Å². The van der Waals surface area contributed by atoms with E-state index in [-0.39, 0.29) is 30.2 Å². The van der Waals surface area contributed by atoms with Crippen molar-refractivity contribution in [3.8, 4) is 29.0 Å². The van der Waals surface area contributed by atoms with Crippen molar-refractivity contribution < 1.29 is 23.8 Å². The van der Waals surface area contributed by atoms with Crippen LogP contribution in [0.4, 0.5) is 10.1 Å². The van der Waals surface area contributed by atoms with Gasteiger partial charge in [-0.3, -0.25) is 4.79 Å². The highest BCUT2D eigenvalue weighted by Gasteiger charge is 2.14. The molecule has 0 bridgehead atoms. The minimum absolute atomic E-state index is 0.00941. The van der Waals surface area contributed by atoms with Gasteiger partial charge in [-0.1, -0.05) is 54.6 Å². The molecule has 4 aromatic carbocycles. The zero-order valence-corrected chi connectivity index (χ0v) is 26.9. The molecule has 0 aliphatic heterocycles. The van der Waals surface area contributed by atoms with Crippen LogP contribution in [0.3, 0.4) is 0 Å². The number of aromatic nitrogens is 3. The average Bonchev–Trinajstić information content (AvgIpc) is 3.45. The number of carbonyl (C=O) groups excluding carboxylic acids is 1. The molecule has 2 heterocycles. The Kier molecular flexibility index (Phi) is 10.2. The highest BCUT2D eigenvalue weighted by molar-refractivity contribution is 5.93. The van der Waals surface area contributed by atoms with Crippen LogP contribution in [-0.4, -0.2) is 39.3 Å². The first-order chi connectivity index (χ1) is 23.9. The van der Waals surface area contributed by atoms with E-state index in [1.54, 1.807) is 37.4 Å². The summed E-state index contributed by atoms with van der Waals surface area (Å²) in [6.07, 6.45) is 1.25. The van der Waals surface area contributed by atoms with Crippen molar-refractivity contribution in [2.24, 2.45) is 0 Å². The summed E-state index contributed by atoms with van der Waals surface area (Å²) < 4.78 is 27.6. The lowest BCUT2D eigenvalue weighted by Crippen LogP contribution is -2.12. The van der Waals surface area contributed by atoms with Gasteiger partial charge in [0.25, 0.3) is 0 Å². The molecular formula is C39H34FN5O4. The van der Waals surface area contributed by atoms with E-state index in [4.69, 9.17) is 19.7 Å². The minimum Gasteiger partial charge on any atom is -0.508 e. The number of nitrogens with one attached hydrogen (secondary N) is 1. The van der Waals surface area contributed by atoms with E-state index in [9.17, 15) is 14.3 Å². The zero-order chi connectivity index (χ0) is 34.2. The van der Waals surface area contributed by atoms with Crippen LogP contribution in [0.15, 0.2) is 103 Å². The number of aromatic hydroxyl groups is 1. The fourth-order valence-electron chi connectivity index (χ4n) is 5.54. The van der Waals surface area contributed by atoms with Crippen molar-refractivity contribution in [2.45, 2.75) is 32.4 Å². The van der Waals surface area contributed by atoms with Gasteiger partial charge in [0.2, 0.25) is 11.8 Å². The molecule has 0 saturated heterocycles. The first kappa shape index (κ1) is 32.9. The molecule has 49 heavy (non-hydrogen) atoms. The average molecular weight is 656 g/mol. The lowest BCUT2D eigenvalue weighted by Gasteiger charge is -2.10. The SMILES string of the molecule is COCCn1c(Cc2ccc(-c3cccc(OCc4ccc(C#N)cc4F)n3)cc2)nc2cc(NC(=O)CCc3ccccc3O)ccc21. The normalized spacial score (nSPS) is 11.0. The van der Waals surface area contributed by atoms with E-state index in [1.807, 2.05) is 72.8 Å². The highest BCUT2D eigenvalue weighted by Crippen LogP contribution is 2.26. The van der Waals surface area contributed by atoms with Gasteiger partial charge in [0.05, 0.1) is 35.0 Å². The number of aryl methyl sites for hydroxylation is 1. The van der Waals surface area contributed by atoms with Crippen LogP contribution < -0.4 is 10.1 Å². The van der Waals surface area contributed by atoms with Crippen molar-refractivity contribution in [3.05, 3.63) is 137 Å². The van der Waals surface area contributed by atoms with Crippen LogP contribution in [0.1, 0.15) is 34.5 Å². The molecule has 6 rings (SSSR count). The number of nitrogens with zero attached hydrogens (tertiary/aromatic N) is 4. The van der Waals surface area contributed by atoms with Gasteiger partial charge in [0.15, 0.2) is 0 Å². The standard InChI is InChI=1S/C39H34FN5O4/c1-48-20-19-45-35-17-16-31(42-38(47)18-15-29-5-2-3-7-36(29)46)23-34(35)43-37(45)22-26-9-12-28(13-10-26)33-6-4-8-39(44-33)49-25-30-14-11-27(24-41)21-32(30)40/h2-14,16-17,21,23,46H,15,18-20,22,25H2,1H3,(H,42,47). The molecule has 2 N–H and O–H groups in total. The maximum absolute atomic E-state index is 14.3. The molecule has 0 fully saturated rings. The zero-order valence-electron chi connectivity index (χ0n) is 26.9. The van der Waals surface area contributed by atoms with Gasteiger partial charge in [0, 0.05) is 49.4 Å². The van der Waals surface area contributed by atoms with E-state index in [0.717, 1.165) is 33.5 Å². The molecule has 6 aromatic rings. The molecule has 0 spiro atoms. The predicted octanol–water partition coefficient (Wildman–Crippen LogP) is 7.20. The third-order valence-corrected chi connectivity index (χ3v) is 8.14. The molecule has 0 radical (unpaired) electrons. The number of imidazole rings is 1. The van der Waals surface area contributed by atoms with E-state index in [2.05, 4.69) is 14.9 Å². The van der Waals surface area contributed by atoms with Gasteiger partial charge < -0.3 is 24.5 Å². The number of halogens is 1. The van der Waals surface area contributed by atoms with Crippen LogP contribution in [0.25, 0.3) is 22.3 Å². The van der Waals surface area contributed by atoms with E-state index < -0.39 is 5.82 Å². The van der Waals surface area contributed by atoms with Crippen LogP contribution in [0.5, 0.6) is 11.6 Å². The molecule has 246 valence electrons. The number of methoxy groups -OCH3 is 1. The fourth-order valence-corrected chi connectivity index (χ4v) is 5.54. The number of carbonyl (C=O) groups is 1. The molecular weight excluding hydrogens is 621 g/mol. The number of rotatable bonds is 13. The van der Waals surface area contributed by atoms with Crippen molar-refractivity contribution >= 4 is 22.6 Å². The second-order valence-electron chi connectivity index (χ2n) is 11.5. The number of hydrogen-bond donors (Lipinski definition) is 2. The topological polar surface area (TPSA) is 122 Å². The lowest BCUT2D eigenvalue weighted by molar-refractivity contribution is -0.116. The molecule has 0 aliphatic carbocycles. The smallest absolute Gasteiger partial charge is 0.224 e.